The Morgan fingerprint density at radius 3 is 2.72 bits per heavy atom. The van der Waals surface area contributed by atoms with Crippen molar-refractivity contribution in [1.82, 2.24) is 15.6 Å². The van der Waals surface area contributed by atoms with Gasteiger partial charge in [0.2, 0.25) is 5.91 Å². The van der Waals surface area contributed by atoms with E-state index >= 15 is 0 Å². The topological polar surface area (TPSA) is 84.2 Å². The molecular weight excluding hydrogens is 318 g/mol. The molecule has 0 aliphatic rings. The largest absolute Gasteiger partial charge is 0.467 e. The third kappa shape index (κ3) is 4.03. The summed E-state index contributed by atoms with van der Waals surface area (Å²) >= 11 is 0. The van der Waals surface area contributed by atoms with E-state index in [0.29, 0.717) is 11.3 Å². The third-order valence-corrected chi connectivity index (χ3v) is 3.79. The molecule has 128 valence electrons. The number of rotatable bonds is 5. The summed E-state index contributed by atoms with van der Waals surface area (Å²) in [5.41, 5.74) is 3.08. The molecule has 0 bridgehead atoms. The first kappa shape index (κ1) is 16.7. The van der Waals surface area contributed by atoms with Gasteiger partial charge < -0.3 is 15.1 Å². The fourth-order valence-corrected chi connectivity index (χ4v) is 2.58. The zero-order chi connectivity index (χ0) is 17.8. The van der Waals surface area contributed by atoms with Crippen LogP contribution in [0.2, 0.25) is 0 Å². The summed E-state index contributed by atoms with van der Waals surface area (Å²) in [6.07, 6.45) is 1.54. The number of carbonyl (C=O) groups excluding carboxylic acids is 2. The molecule has 0 radical (unpaired) electrons. The van der Waals surface area contributed by atoms with Gasteiger partial charge in [-0.2, -0.15) is 0 Å². The second-order valence-corrected chi connectivity index (χ2v) is 5.87. The second kappa shape index (κ2) is 7.17. The highest BCUT2D eigenvalue weighted by molar-refractivity contribution is 6.07. The van der Waals surface area contributed by atoms with Crippen molar-refractivity contribution in [2.45, 2.75) is 20.4 Å². The lowest BCUT2D eigenvalue weighted by molar-refractivity contribution is -0.120. The minimum Gasteiger partial charge on any atom is -0.467 e. The van der Waals surface area contributed by atoms with Gasteiger partial charge in [0.1, 0.15) is 5.76 Å². The van der Waals surface area contributed by atoms with Crippen molar-refractivity contribution in [2.75, 3.05) is 6.54 Å². The van der Waals surface area contributed by atoms with E-state index in [4.69, 9.17) is 4.42 Å². The Kier molecular flexibility index (Phi) is 4.79. The van der Waals surface area contributed by atoms with Crippen LogP contribution in [-0.4, -0.2) is 23.3 Å². The zero-order valence-electron chi connectivity index (χ0n) is 14.1. The molecule has 3 rings (SSSR count). The standard InChI is InChI=1S/C19H19N3O3/c1-12-5-6-17-15(8-12)16(9-13(2)22-17)19(24)21-11-18(23)20-10-14-4-3-7-25-14/h3-9H,10-11H2,1-2H3,(H,20,23)(H,21,24). The molecule has 2 aromatic heterocycles. The molecule has 25 heavy (non-hydrogen) atoms. The van der Waals surface area contributed by atoms with Gasteiger partial charge in [-0.05, 0) is 44.2 Å². The maximum atomic E-state index is 12.5. The first-order valence-electron chi connectivity index (χ1n) is 7.98. The van der Waals surface area contributed by atoms with E-state index in [9.17, 15) is 9.59 Å². The molecular formula is C19H19N3O3. The Morgan fingerprint density at radius 1 is 1.12 bits per heavy atom. The first-order valence-corrected chi connectivity index (χ1v) is 7.98. The average molecular weight is 337 g/mol. The summed E-state index contributed by atoms with van der Waals surface area (Å²) in [5, 5.41) is 6.13. The van der Waals surface area contributed by atoms with Crippen LogP contribution in [0.15, 0.2) is 47.1 Å². The van der Waals surface area contributed by atoms with E-state index in [1.54, 1.807) is 24.5 Å². The molecule has 3 aromatic rings. The summed E-state index contributed by atoms with van der Waals surface area (Å²) in [6.45, 7) is 3.99. The van der Waals surface area contributed by atoms with E-state index in [2.05, 4.69) is 15.6 Å². The minimum atomic E-state index is -0.297. The molecule has 0 unspecified atom stereocenters. The summed E-state index contributed by atoms with van der Waals surface area (Å²) in [5.74, 6) is 0.0798. The minimum absolute atomic E-state index is 0.103. The van der Waals surface area contributed by atoms with Gasteiger partial charge >= 0.3 is 0 Å². The average Bonchev–Trinajstić information content (AvgIpc) is 3.11. The molecule has 0 saturated carbocycles. The second-order valence-electron chi connectivity index (χ2n) is 5.87. The number of hydrogen-bond acceptors (Lipinski definition) is 4. The molecule has 2 heterocycles. The number of carbonyl (C=O) groups is 2. The highest BCUT2D eigenvalue weighted by Crippen LogP contribution is 2.20. The molecule has 0 fully saturated rings. The van der Waals surface area contributed by atoms with Crippen molar-refractivity contribution in [3.8, 4) is 0 Å². The van der Waals surface area contributed by atoms with Crippen LogP contribution in [0, 0.1) is 13.8 Å². The van der Waals surface area contributed by atoms with Crippen LogP contribution in [0.25, 0.3) is 10.9 Å². The molecule has 2 amide bonds. The van der Waals surface area contributed by atoms with E-state index < -0.39 is 0 Å². The van der Waals surface area contributed by atoms with Crippen LogP contribution in [0.3, 0.4) is 0 Å². The molecule has 0 saturated heterocycles. The fraction of sp³-hybridized carbons (Fsp3) is 0.211. The van der Waals surface area contributed by atoms with Crippen LogP contribution in [0.5, 0.6) is 0 Å². The van der Waals surface area contributed by atoms with E-state index in [0.717, 1.165) is 22.2 Å². The van der Waals surface area contributed by atoms with Gasteiger partial charge in [0, 0.05) is 11.1 Å². The quantitative estimate of drug-likeness (QED) is 0.749. The van der Waals surface area contributed by atoms with E-state index in [-0.39, 0.29) is 24.9 Å². The number of aromatic nitrogens is 1. The Hall–Kier alpha value is -3.15. The molecule has 0 atom stereocenters. The number of pyridine rings is 1. The maximum absolute atomic E-state index is 12.5. The summed E-state index contributed by atoms with van der Waals surface area (Å²) < 4.78 is 5.14. The van der Waals surface area contributed by atoms with Crippen LogP contribution >= 0.6 is 0 Å². The summed E-state index contributed by atoms with van der Waals surface area (Å²) in [7, 11) is 0. The smallest absolute Gasteiger partial charge is 0.252 e. The first-order chi connectivity index (χ1) is 12.0. The Balaban J connectivity index is 1.67. The van der Waals surface area contributed by atoms with E-state index in [1.165, 1.54) is 0 Å². The van der Waals surface area contributed by atoms with Crippen molar-refractivity contribution in [3.63, 3.8) is 0 Å². The lowest BCUT2D eigenvalue weighted by Crippen LogP contribution is -2.36. The SMILES string of the molecule is Cc1ccc2nc(C)cc(C(=O)NCC(=O)NCc3ccco3)c2c1. The Bertz CT molecular complexity index is 917. The molecule has 0 aliphatic heterocycles. The number of benzene rings is 1. The van der Waals surface area contributed by atoms with Crippen molar-refractivity contribution >= 4 is 22.7 Å². The van der Waals surface area contributed by atoms with Crippen molar-refractivity contribution in [1.29, 1.82) is 0 Å². The fourth-order valence-electron chi connectivity index (χ4n) is 2.58. The van der Waals surface area contributed by atoms with Crippen LogP contribution in [0.1, 0.15) is 27.4 Å². The highest BCUT2D eigenvalue weighted by atomic mass is 16.3. The van der Waals surface area contributed by atoms with Gasteiger partial charge in [0.15, 0.2) is 0 Å². The highest BCUT2D eigenvalue weighted by Gasteiger charge is 2.13. The monoisotopic (exact) mass is 337 g/mol. The van der Waals surface area contributed by atoms with Crippen LogP contribution in [0.4, 0.5) is 0 Å². The number of nitrogens with zero attached hydrogens (tertiary/aromatic N) is 1. The number of furan rings is 1. The number of hydrogen-bond donors (Lipinski definition) is 2. The van der Waals surface area contributed by atoms with Gasteiger partial charge in [-0.25, -0.2) is 0 Å². The van der Waals surface area contributed by atoms with Gasteiger partial charge in [-0.1, -0.05) is 11.6 Å². The van der Waals surface area contributed by atoms with Crippen LogP contribution < -0.4 is 10.6 Å². The van der Waals surface area contributed by atoms with Gasteiger partial charge in [0.05, 0.1) is 30.4 Å². The molecule has 2 N–H and O–H groups in total. The number of nitrogens with one attached hydrogen (secondary N) is 2. The predicted octanol–water partition coefficient (Wildman–Crippen LogP) is 2.49. The zero-order valence-corrected chi connectivity index (χ0v) is 14.1. The molecule has 0 spiro atoms. The predicted molar refractivity (Wildman–Crippen MR) is 94.1 cm³/mol. The van der Waals surface area contributed by atoms with Gasteiger partial charge in [0.25, 0.3) is 5.91 Å². The van der Waals surface area contributed by atoms with Crippen molar-refractivity contribution in [3.05, 3.63) is 65.2 Å². The molecule has 0 aliphatic carbocycles. The van der Waals surface area contributed by atoms with Crippen LogP contribution in [-0.2, 0) is 11.3 Å². The van der Waals surface area contributed by atoms with Gasteiger partial charge in [-0.3, -0.25) is 14.6 Å². The van der Waals surface area contributed by atoms with Crippen molar-refractivity contribution in [2.24, 2.45) is 0 Å². The van der Waals surface area contributed by atoms with E-state index in [1.807, 2.05) is 32.0 Å². The maximum Gasteiger partial charge on any atom is 0.252 e. The Labute approximate surface area is 145 Å². The summed E-state index contributed by atoms with van der Waals surface area (Å²) in [6, 6.07) is 11.0. The van der Waals surface area contributed by atoms with Gasteiger partial charge in [-0.15, -0.1) is 0 Å². The lowest BCUT2D eigenvalue weighted by Gasteiger charge is -2.10. The number of aryl methyl sites for hydroxylation is 2. The number of amides is 2. The third-order valence-electron chi connectivity index (χ3n) is 3.79. The molecule has 1 aromatic carbocycles. The molecule has 6 nitrogen and oxygen atoms in total. The lowest BCUT2D eigenvalue weighted by atomic mass is 10.0. The number of fused-ring (bicyclic) bond motifs is 1. The Morgan fingerprint density at radius 2 is 1.96 bits per heavy atom. The summed E-state index contributed by atoms with van der Waals surface area (Å²) in [4.78, 5) is 28.8. The normalized spacial score (nSPS) is 10.6. The van der Waals surface area contributed by atoms with Crippen molar-refractivity contribution < 1.29 is 14.0 Å². The molecule has 6 heteroatoms.